The number of pyridine rings is 2. The summed E-state index contributed by atoms with van der Waals surface area (Å²) in [4.78, 5) is 10.0. The maximum atomic E-state index is 13.0. The standard InChI is InChI=1S/C16H20FN5O3S/c1-12-10-21(7-8-22(12)16-6-5-13(17)9-18-16)26(24,25)20-15-4-2-3-14(11-23)19-15/h2-6,9,12,23H,7-8,10-11H2,1H3,(H,19,20)/t12-/m1/s1. The number of nitrogens with zero attached hydrogens (tertiary/aromatic N) is 4. The molecule has 2 aromatic rings. The summed E-state index contributed by atoms with van der Waals surface area (Å²) in [5.41, 5.74) is 0.380. The van der Waals surface area contributed by atoms with E-state index in [1.54, 1.807) is 18.2 Å². The quantitative estimate of drug-likeness (QED) is 0.801. The Bertz CT molecular complexity index is 862. The Labute approximate surface area is 151 Å². The maximum Gasteiger partial charge on any atom is 0.302 e. The Kier molecular flexibility index (Phi) is 5.35. The highest BCUT2D eigenvalue weighted by atomic mass is 32.2. The second-order valence-corrected chi connectivity index (χ2v) is 7.69. The highest BCUT2D eigenvalue weighted by Gasteiger charge is 2.32. The largest absolute Gasteiger partial charge is 0.390 e. The summed E-state index contributed by atoms with van der Waals surface area (Å²) in [6.45, 7) is 2.57. The SMILES string of the molecule is C[C@@H]1CN(S(=O)(=O)Nc2cccc(CO)n2)CCN1c1ccc(F)cn1. The third kappa shape index (κ3) is 4.09. The number of anilines is 2. The van der Waals surface area contributed by atoms with E-state index in [-0.39, 0.29) is 31.6 Å². The number of hydrogen-bond donors (Lipinski definition) is 2. The highest BCUT2D eigenvalue weighted by Crippen LogP contribution is 2.21. The summed E-state index contributed by atoms with van der Waals surface area (Å²) in [5, 5.41) is 9.11. The van der Waals surface area contributed by atoms with Crippen LogP contribution in [0, 0.1) is 5.82 Å². The third-order valence-corrected chi connectivity index (χ3v) is 5.62. The molecule has 10 heteroatoms. The van der Waals surface area contributed by atoms with Gasteiger partial charge in [-0.25, -0.2) is 14.4 Å². The molecule has 0 saturated carbocycles. The van der Waals surface area contributed by atoms with E-state index in [1.807, 2.05) is 11.8 Å². The topological polar surface area (TPSA) is 98.7 Å². The van der Waals surface area contributed by atoms with Crippen LogP contribution in [0.5, 0.6) is 0 Å². The van der Waals surface area contributed by atoms with E-state index in [0.29, 0.717) is 18.1 Å². The fourth-order valence-electron chi connectivity index (χ4n) is 2.84. The molecule has 0 amide bonds. The van der Waals surface area contributed by atoms with Gasteiger partial charge in [0.05, 0.1) is 18.5 Å². The summed E-state index contributed by atoms with van der Waals surface area (Å²) in [6, 6.07) is 7.54. The zero-order chi connectivity index (χ0) is 18.7. The van der Waals surface area contributed by atoms with Crippen molar-refractivity contribution in [2.24, 2.45) is 0 Å². The van der Waals surface area contributed by atoms with Gasteiger partial charge in [0, 0.05) is 25.7 Å². The zero-order valence-electron chi connectivity index (χ0n) is 14.2. The number of hydrogen-bond acceptors (Lipinski definition) is 6. The van der Waals surface area contributed by atoms with Gasteiger partial charge in [0.15, 0.2) is 0 Å². The van der Waals surface area contributed by atoms with Crippen molar-refractivity contribution in [3.8, 4) is 0 Å². The van der Waals surface area contributed by atoms with Crippen LogP contribution in [0.25, 0.3) is 0 Å². The molecule has 2 aromatic heterocycles. The molecular weight excluding hydrogens is 361 g/mol. The van der Waals surface area contributed by atoms with Crippen molar-refractivity contribution >= 4 is 21.8 Å². The fraction of sp³-hybridized carbons (Fsp3) is 0.375. The van der Waals surface area contributed by atoms with Gasteiger partial charge < -0.3 is 10.0 Å². The summed E-state index contributed by atoms with van der Waals surface area (Å²) in [5.74, 6) is 0.359. The lowest BCUT2D eigenvalue weighted by Crippen LogP contribution is -2.55. The van der Waals surface area contributed by atoms with Crippen molar-refractivity contribution in [3.05, 3.63) is 48.0 Å². The molecule has 140 valence electrons. The first-order valence-corrected chi connectivity index (χ1v) is 9.56. The van der Waals surface area contributed by atoms with E-state index in [2.05, 4.69) is 14.7 Å². The van der Waals surface area contributed by atoms with Gasteiger partial charge in [-0.2, -0.15) is 12.7 Å². The Morgan fingerprint density at radius 2 is 2.12 bits per heavy atom. The van der Waals surface area contributed by atoms with Crippen molar-refractivity contribution in [2.45, 2.75) is 19.6 Å². The van der Waals surface area contributed by atoms with E-state index < -0.39 is 16.0 Å². The van der Waals surface area contributed by atoms with Gasteiger partial charge in [0.2, 0.25) is 0 Å². The minimum absolute atomic E-state index is 0.130. The lowest BCUT2D eigenvalue weighted by molar-refractivity contribution is 0.277. The number of aliphatic hydroxyl groups is 1. The van der Waals surface area contributed by atoms with E-state index in [9.17, 15) is 12.8 Å². The number of piperazine rings is 1. The van der Waals surface area contributed by atoms with Crippen LogP contribution in [0.1, 0.15) is 12.6 Å². The van der Waals surface area contributed by atoms with Crippen molar-refractivity contribution in [2.75, 3.05) is 29.3 Å². The van der Waals surface area contributed by atoms with E-state index in [1.165, 1.54) is 16.4 Å². The van der Waals surface area contributed by atoms with Crippen LogP contribution in [0.4, 0.5) is 16.0 Å². The molecular formula is C16H20FN5O3S. The average molecular weight is 381 g/mol. The van der Waals surface area contributed by atoms with Crippen LogP contribution in [-0.2, 0) is 16.8 Å². The van der Waals surface area contributed by atoms with Gasteiger partial charge >= 0.3 is 10.2 Å². The highest BCUT2D eigenvalue weighted by molar-refractivity contribution is 7.90. The molecule has 0 unspecified atom stereocenters. The Balaban J connectivity index is 1.69. The predicted molar refractivity (Wildman–Crippen MR) is 95.3 cm³/mol. The Morgan fingerprint density at radius 3 is 2.77 bits per heavy atom. The number of aromatic nitrogens is 2. The average Bonchev–Trinajstić information content (AvgIpc) is 2.62. The molecule has 0 aromatic carbocycles. The number of halogens is 1. The molecule has 8 nitrogen and oxygen atoms in total. The van der Waals surface area contributed by atoms with E-state index in [0.717, 1.165) is 6.20 Å². The predicted octanol–water partition coefficient (Wildman–Crippen LogP) is 0.975. The molecule has 3 rings (SSSR count). The first-order valence-electron chi connectivity index (χ1n) is 8.12. The summed E-state index contributed by atoms with van der Waals surface area (Å²) >= 11 is 0. The van der Waals surface area contributed by atoms with Crippen molar-refractivity contribution in [1.29, 1.82) is 0 Å². The van der Waals surface area contributed by atoms with Crippen LogP contribution < -0.4 is 9.62 Å². The molecule has 26 heavy (non-hydrogen) atoms. The van der Waals surface area contributed by atoms with Crippen LogP contribution in [0.15, 0.2) is 36.5 Å². The number of aliphatic hydroxyl groups excluding tert-OH is 1. The molecule has 0 bridgehead atoms. The van der Waals surface area contributed by atoms with E-state index in [4.69, 9.17) is 5.11 Å². The molecule has 2 N–H and O–H groups in total. The first-order chi connectivity index (χ1) is 12.4. The molecule has 1 fully saturated rings. The summed E-state index contributed by atoms with van der Waals surface area (Å²) in [7, 11) is -3.77. The van der Waals surface area contributed by atoms with Crippen molar-refractivity contribution in [3.63, 3.8) is 0 Å². The summed E-state index contributed by atoms with van der Waals surface area (Å²) < 4.78 is 42.0. The third-order valence-electron chi connectivity index (χ3n) is 4.14. The van der Waals surface area contributed by atoms with Crippen LogP contribution in [0.2, 0.25) is 0 Å². The van der Waals surface area contributed by atoms with Crippen molar-refractivity contribution in [1.82, 2.24) is 14.3 Å². The van der Waals surface area contributed by atoms with Gasteiger partial charge in [-0.05, 0) is 31.2 Å². The zero-order valence-corrected chi connectivity index (χ0v) is 15.0. The van der Waals surface area contributed by atoms with Crippen molar-refractivity contribution < 1.29 is 17.9 Å². The van der Waals surface area contributed by atoms with Crippen LogP contribution >= 0.6 is 0 Å². The smallest absolute Gasteiger partial charge is 0.302 e. The lowest BCUT2D eigenvalue weighted by atomic mass is 10.2. The van der Waals surface area contributed by atoms with Gasteiger partial charge in [-0.3, -0.25) is 4.72 Å². The molecule has 1 saturated heterocycles. The van der Waals surface area contributed by atoms with Crippen LogP contribution in [0.3, 0.4) is 0 Å². The van der Waals surface area contributed by atoms with Gasteiger partial charge in [0.25, 0.3) is 0 Å². The molecule has 0 radical (unpaired) electrons. The van der Waals surface area contributed by atoms with Crippen LogP contribution in [-0.4, -0.2) is 53.5 Å². The summed E-state index contributed by atoms with van der Waals surface area (Å²) in [6.07, 6.45) is 1.15. The number of rotatable bonds is 5. The second kappa shape index (κ2) is 7.52. The minimum Gasteiger partial charge on any atom is -0.390 e. The van der Waals surface area contributed by atoms with Gasteiger partial charge in [0.1, 0.15) is 17.5 Å². The minimum atomic E-state index is -3.77. The molecule has 3 heterocycles. The molecule has 0 spiro atoms. The fourth-order valence-corrected chi connectivity index (χ4v) is 4.08. The molecule has 0 aliphatic carbocycles. The maximum absolute atomic E-state index is 13.0. The Morgan fingerprint density at radius 1 is 1.31 bits per heavy atom. The number of nitrogens with one attached hydrogen (secondary N) is 1. The van der Waals surface area contributed by atoms with E-state index >= 15 is 0 Å². The van der Waals surface area contributed by atoms with Gasteiger partial charge in [-0.1, -0.05) is 6.07 Å². The Hall–Kier alpha value is -2.30. The van der Waals surface area contributed by atoms with Gasteiger partial charge in [-0.15, -0.1) is 0 Å². The first kappa shape index (κ1) is 18.5. The lowest BCUT2D eigenvalue weighted by Gasteiger charge is -2.39. The molecule has 1 atom stereocenters. The molecule has 1 aliphatic rings. The molecule has 1 aliphatic heterocycles. The normalized spacial score (nSPS) is 18.7. The second-order valence-electron chi connectivity index (χ2n) is 6.01. The monoisotopic (exact) mass is 381 g/mol.